The van der Waals surface area contributed by atoms with Crippen molar-refractivity contribution >= 4 is 0 Å². The van der Waals surface area contributed by atoms with Gasteiger partial charge in [0.25, 0.3) is 0 Å². The van der Waals surface area contributed by atoms with Crippen molar-refractivity contribution in [2.24, 2.45) is 11.7 Å². The Labute approximate surface area is 68.8 Å². The van der Waals surface area contributed by atoms with Crippen LogP contribution in [0.15, 0.2) is 0 Å². The summed E-state index contributed by atoms with van der Waals surface area (Å²) in [4.78, 5) is 0. The molecule has 3 N–H and O–H groups in total. The molecule has 2 unspecified atom stereocenters. The van der Waals surface area contributed by atoms with E-state index in [2.05, 4.69) is 6.92 Å². The van der Waals surface area contributed by atoms with Crippen molar-refractivity contribution < 1.29 is 5.11 Å². The van der Waals surface area contributed by atoms with Crippen molar-refractivity contribution in [3.8, 4) is 0 Å². The monoisotopic (exact) mass is 157 g/mol. The predicted octanol–water partition coefficient (Wildman–Crippen LogP) is 1.27. The summed E-state index contributed by atoms with van der Waals surface area (Å²) in [7, 11) is 0. The Morgan fingerprint density at radius 2 is 2.09 bits per heavy atom. The van der Waals surface area contributed by atoms with Gasteiger partial charge in [-0.05, 0) is 25.2 Å². The molecule has 0 aromatic rings. The Kier molecular flexibility index (Phi) is 3.34. The molecule has 1 saturated carbocycles. The molecule has 0 aliphatic heterocycles. The van der Waals surface area contributed by atoms with Crippen LogP contribution in [0.1, 0.15) is 39.0 Å². The summed E-state index contributed by atoms with van der Waals surface area (Å²) in [6.45, 7) is 2.19. The fraction of sp³-hybridized carbons (Fsp3) is 1.00. The van der Waals surface area contributed by atoms with E-state index in [1.807, 2.05) is 0 Å². The first-order valence-corrected chi connectivity index (χ1v) is 4.66. The first-order chi connectivity index (χ1) is 5.22. The highest BCUT2D eigenvalue weighted by molar-refractivity contribution is 4.80. The first kappa shape index (κ1) is 9.01. The molecule has 0 radical (unpaired) electrons. The predicted molar refractivity (Wildman–Crippen MR) is 46.2 cm³/mol. The van der Waals surface area contributed by atoms with Crippen LogP contribution in [-0.2, 0) is 0 Å². The van der Waals surface area contributed by atoms with E-state index in [0.717, 1.165) is 19.3 Å². The van der Waals surface area contributed by atoms with Gasteiger partial charge in [-0.3, -0.25) is 0 Å². The molecule has 0 spiro atoms. The van der Waals surface area contributed by atoms with Crippen LogP contribution in [0.4, 0.5) is 0 Å². The third-order valence-electron chi connectivity index (χ3n) is 2.51. The van der Waals surface area contributed by atoms with Gasteiger partial charge < -0.3 is 10.8 Å². The second-order valence-corrected chi connectivity index (χ2v) is 3.78. The molecule has 0 heterocycles. The molecule has 1 fully saturated rings. The van der Waals surface area contributed by atoms with E-state index < -0.39 is 0 Å². The molecule has 1 rings (SSSR count). The second kappa shape index (κ2) is 4.07. The van der Waals surface area contributed by atoms with Crippen LogP contribution in [0.2, 0.25) is 0 Å². The summed E-state index contributed by atoms with van der Waals surface area (Å²) in [5.41, 5.74) is 5.79. The van der Waals surface area contributed by atoms with Gasteiger partial charge in [-0.1, -0.05) is 19.8 Å². The summed E-state index contributed by atoms with van der Waals surface area (Å²) in [5.74, 6) is 0.679. The number of aliphatic hydroxyl groups is 1. The molecule has 2 nitrogen and oxygen atoms in total. The largest absolute Gasteiger partial charge is 0.393 e. The van der Waals surface area contributed by atoms with Crippen LogP contribution in [0.5, 0.6) is 0 Å². The third-order valence-corrected chi connectivity index (χ3v) is 2.51. The summed E-state index contributed by atoms with van der Waals surface area (Å²) < 4.78 is 0. The third kappa shape index (κ3) is 2.80. The van der Waals surface area contributed by atoms with E-state index in [4.69, 9.17) is 5.73 Å². The van der Waals surface area contributed by atoms with Gasteiger partial charge in [0.15, 0.2) is 0 Å². The molecule has 2 heteroatoms. The molecule has 0 aromatic carbocycles. The van der Waals surface area contributed by atoms with Gasteiger partial charge in [0.2, 0.25) is 0 Å². The van der Waals surface area contributed by atoms with Crippen LogP contribution < -0.4 is 5.73 Å². The zero-order valence-electron chi connectivity index (χ0n) is 7.29. The van der Waals surface area contributed by atoms with Crippen LogP contribution in [0.25, 0.3) is 0 Å². The molecule has 0 aromatic heterocycles. The van der Waals surface area contributed by atoms with Gasteiger partial charge in [-0.15, -0.1) is 0 Å². The highest BCUT2D eigenvalue weighted by atomic mass is 16.3. The summed E-state index contributed by atoms with van der Waals surface area (Å²) in [6.07, 6.45) is 5.21. The maximum Gasteiger partial charge on any atom is 0.0557 e. The second-order valence-electron chi connectivity index (χ2n) is 3.78. The van der Waals surface area contributed by atoms with E-state index in [-0.39, 0.29) is 12.1 Å². The standard InChI is InChI=1S/C9H19NO/c1-2-3-7-4-8(10)6-9(11)5-7/h7-9,11H,2-6,10H2,1H3/t7?,8-,9?/m1/s1. The smallest absolute Gasteiger partial charge is 0.0557 e. The molecule has 1 aliphatic carbocycles. The Balaban J connectivity index is 2.30. The molecule has 0 bridgehead atoms. The van der Waals surface area contributed by atoms with E-state index in [9.17, 15) is 5.11 Å². The lowest BCUT2D eigenvalue weighted by Gasteiger charge is -2.30. The highest BCUT2D eigenvalue weighted by Gasteiger charge is 2.24. The quantitative estimate of drug-likeness (QED) is 0.634. The minimum absolute atomic E-state index is 0.129. The maximum atomic E-state index is 9.40. The lowest BCUT2D eigenvalue weighted by molar-refractivity contribution is 0.0877. The average molecular weight is 157 g/mol. The van der Waals surface area contributed by atoms with E-state index >= 15 is 0 Å². The Morgan fingerprint density at radius 1 is 1.36 bits per heavy atom. The number of aliphatic hydroxyl groups excluding tert-OH is 1. The molecule has 66 valence electrons. The van der Waals surface area contributed by atoms with Crippen molar-refractivity contribution in [2.75, 3.05) is 0 Å². The van der Waals surface area contributed by atoms with Crippen molar-refractivity contribution in [3.63, 3.8) is 0 Å². The van der Waals surface area contributed by atoms with Crippen LogP contribution in [0, 0.1) is 5.92 Å². The van der Waals surface area contributed by atoms with E-state index in [1.54, 1.807) is 0 Å². The van der Waals surface area contributed by atoms with Crippen LogP contribution in [-0.4, -0.2) is 17.3 Å². The number of hydrogen-bond donors (Lipinski definition) is 2. The summed E-state index contributed by atoms with van der Waals surface area (Å²) in [6, 6.07) is 0.246. The molecule has 11 heavy (non-hydrogen) atoms. The SMILES string of the molecule is CCCC1CC(O)C[C@H](N)C1. The number of rotatable bonds is 2. The van der Waals surface area contributed by atoms with Gasteiger partial charge in [-0.25, -0.2) is 0 Å². The molecular weight excluding hydrogens is 138 g/mol. The van der Waals surface area contributed by atoms with E-state index in [0.29, 0.717) is 5.92 Å². The summed E-state index contributed by atoms with van der Waals surface area (Å²) in [5, 5.41) is 9.40. The molecule has 3 atom stereocenters. The van der Waals surface area contributed by atoms with Gasteiger partial charge in [0.05, 0.1) is 6.10 Å². The van der Waals surface area contributed by atoms with Crippen LogP contribution >= 0.6 is 0 Å². The van der Waals surface area contributed by atoms with Crippen molar-refractivity contribution in [3.05, 3.63) is 0 Å². The minimum atomic E-state index is -0.129. The van der Waals surface area contributed by atoms with Crippen LogP contribution in [0.3, 0.4) is 0 Å². The van der Waals surface area contributed by atoms with E-state index in [1.165, 1.54) is 12.8 Å². The minimum Gasteiger partial charge on any atom is -0.393 e. The van der Waals surface area contributed by atoms with Crippen molar-refractivity contribution in [1.29, 1.82) is 0 Å². The fourth-order valence-electron chi connectivity index (χ4n) is 2.10. The topological polar surface area (TPSA) is 46.2 Å². The maximum absolute atomic E-state index is 9.40. The Hall–Kier alpha value is -0.0800. The fourth-order valence-corrected chi connectivity index (χ4v) is 2.10. The molecular formula is C9H19NO. The molecule has 0 saturated heterocycles. The highest BCUT2D eigenvalue weighted by Crippen LogP contribution is 2.26. The molecule has 1 aliphatic rings. The van der Waals surface area contributed by atoms with Gasteiger partial charge in [-0.2, -0.15) is 0 Å². The molecule has 0 amide bonds. The average Bonchev–Trinajstić information content (AvgIpc) is 1.85. The Morgan fingerprint density at radius 3 is 2.64 bits per heavy atom. The van der Waals surface area contributed by atoms with Gasteiger partial charge in [0, 0.05) is 6.04 Å². The lowest BCUT2D eigenvalue weighted by Crippen LogP contribution is -2.35. The normalized spacial score (nSPS) is 39.0. The first-order valence-electron chi connectivity index (χ1n) is 4.66. The zero-order chi connectivity index (χ0) is 8.27. The van der Waals surface area contributed by atoms with Crippen molar-refractivity contribution in [2.45, 2.75) is 51.2 Å². The zero-order valence-corrected chi connectivity index (χ0v) is 7.29. The summed E-state index contributed by atoms with van der Waals surface area (Å²) >= 11 is 0. The van der Waals surface area contributed by atoms with Gasteiger partial charge in [0.1, 0.15) is 0 Å². The van der Waals surface area contributed by atoms with Gasteiger partial charge >= 0.3 is 0 Å². The number of nitrogens with two attached hydrogens (primary N) is 1. The van der Waals surface area contributed by atoms with Crippen molar-refractivity contribution in [1.82, 2.24) is 0 Å². The lowest BCUT2D eigenvalue weighted by atomic mass is 9.82. The number of hydrogen-bond acceptors (Lipinski definition) is 2. The Bertz CT molecular complexity index is 106.